The van der Waals surface area contributed by atoms with Crippen molar-refractivity contribution in [3.63, 3.8) is 0 Å². The number of carbonyl (C=O) groups excluding carboxylic acids is 2. The smallest absolute Gasteiger partial charge is 0.241 e. The van der Waals surface area contributed by atoms with Crippen molar-refractivity contribution in [1.82, 2.24) is 10.3 Å². The van der Waals surface area contributed by atoms with E-state index >= 15 is 0 Å². The van der Waals surface area contributed by atoms with E-state index in [-0.39, 0.29) is 5.91 Å². The van der Waals surface area contributed by atoms with Crippen LogP contribution in [0.5, 0.6) is 0 Å². The Balaban J connectivity index is 1.64. The molecule has 3 fully saturated rings. The largest absolute Gasteiger partial charge is 0.390 e. The third-order valence-corrected chi connectivity index (χ3v) is 5.79. The molecule has 2 bridgehead atoms. The number of rotatable bonds is 2. The van der Waals surface area contributed by atoms with E-state index in [1.165, 1.54) is 6.08 Å². The Kier molecular flexibility index (Phi) is 2.55. The highest BCUT2D eigenvalue weighted by Crippen LogP contribution is 2.61. The Bertz CT molecular complexity index is 955. The summed E-state index contributed by atoms with van der Waals surface area (Å²) in [6.45, 7) is 5.52. The maximum absolute atomic E-state index is 13.1. The zero-order chi connectivity index (χ0) is 17.6. The lowest BCUT2D eigenvalue weighted by molar-refractivity contribution is -0.130. The molecule has 8 nitrogen and oxygen atoms in total. The van der Waals surface area contributed by atoms with E-state index in [9.17, 15) is 14.7 Å². The van der Waals surface area contributed by atoms with Gasteiger partial charge in [-0.2, -0.15) is 0 Å². The molecule has 5 atom stereocenters. The summed E-state index contributed by atoms with van der Waals surface area (Å²) in [7, 11) is 0. The summed E-state index contributed by atoms with van der Waals surface area (Å²) in [4.78, 5) is 27.4. The SMILES string of the molecule is C=C[C@]12O[C@](C)(C[C@@H]1O)[C@H]1C(=O)N(c3ccc4nonc4c3)C(=O)[C@H]12. The van der Waals surface area contributed by atoms with Gasteiger partial charge in [0.15, 0.2) is 0 Å². The van der Waals surface area contributed by atoms with Gasteiger partial charge in [0.2, 0.25) is 11.8 Å². The molecule has 5 rings (SSSR count). The van der Waals surface area contributed by atoms with Gasteiger partial charge in [-0.1, -0.05) is 6.08 Å². The zero-order valence-corrected chi connectivity index (χ0v) is 13.4. The van der Waals surface area contributed by atoms with Crippen LogP contribution in [-0.2, 0) is 14.3 Å². The van der Waals surface area contributed by atoms with Gasteiger partial charge in [0.05, 0.1) is 29.2 Å². The van der Waals surface area contributed by atoms with Gasteiger partial charge < -0.3 is 9.84 Å². The van der Waals surface area contributed by atoms with Gasteiger partial charge in [-0.05, 0) is 35.4 Å². The highest BCUT2D eigenvalue weighted by atomic mass is 16.6. The number of amides is 2. The van der Waals surface area contributed by atoms with Crippen LogP contribution in [0.4, 0.5) is 5.69 Å². The third kappa shape index (κ3) is 1.54. The van der Waals surface area contributed by atoms with Crippen LogP contribution < -0.4 is 4.90 Å². The maximum Gasteiger partial charge on any atom is 0.241 e. The summed E-state index contributed by atoms with van der Waals surface area (Å²) in [5, 5.41) is 17.9. The number of benzene rings is 1. The average molecular weight is 341 g/mol. The molecule has 2 amide bonds. The van der Waals surface area contributed by atoms with Crippen LogP contribution in [-0.4, -0.2) is 44.5 Å². The Morgan fingerprint density at radius 1 is 1.28 bits per heavy atom. The van der Waals surface area contributed by atoms with Crippen LogP contribution >= 0.6 is 0 Å². The highest BCUT2D eigenvalue weighted by molar-refractivity contribution is 6.23. The van der Waals surface area contributed by atoms with Crippen molar-refractivity contribution in [2.75, 3.05) is 4.90 Å². The molecule has 0 saturated carbocycles. The first kappa shape index (κ1) is 14.7. The lowest BCUT2D eigenvalue weighted by Gasteiger charge is -2.32. The Hall–Kier alpha value is -2.58. The minimum absolute atomic E-state index is 0.291. The molecule has 0 unspecified atom stereocenters. The molecular weight excluding hydrogens is 326 g/mol. The van der Waals surface area contributed by atoms with Crippen molar-refractivity contribution in [3.05, 3.63) is 30.9 Å². The molecule has 4 heterocycles. The van der Waals surface area contributed by atoms with Crippen molar-refractivity contribution in [2.45, 2.75) is 30.7 Å². The van der Waals surface area contributed by atoms with Gasteiger partial charge in [0, 0.05) is 6.42 Å². The summed E-state index contributed by atoms with van der Waals surface area (Å²) in [5.41, 5.74) is -0.709. The van der Waals surface area contributed by atoms with Crippen LogP contribution in [0.1, 0.15) is 13.3 Å². The molecule has 1 aromatic heterocycles. The number of anilines is 1. The second-order valence-corrected chi connectivity index (χ2v) is 7.10. The topological polar surface area (TPSA) is 106 Å². The quantitative estimate of drug-likeness (QED) is 0.636. The molecule has 1 aromatic carbocycles. The number of aliphatic hydroxyl groups excluding tert-OH is 1. The van der Waals surface area contributed by atoms with Gasteiger partial charge in [-0.25, -0.2) is 9.53 Å². The van der Waals surface area contributed by atoms with Gasteiger partial charge in [-0.15, -0.1) is 6.58 Å². The lowest BCUT2D eigenvalue weighted by Crippen LogP contribution is -2.49. The van der Waals surface area contributed by atoms with Gasteiger partial charge >= 0.3 is 0 Å². The monoisotopic (exact) mass is 341 g/mol. The molecule has 0 aliphatic carbocycles. The van der Waals surface area contributed by atoms with Crippen LogP contribution in [0.2, 0.25) is 0 Å². The van der Waals surface area contributed by atoms with Crippen LogP contribution in [0.15, 0.2) is 35.5 Å². The summed E-state index contributed by atoms with van der Waals surface area (Å²) < 4.78 is 10.6. The molecule has 3 aliphatic heterocycles. The molecule has 2 aromatic rings. The van der Waals surface area contributed by atoms with Gasteiger partial charge in [-0.3, -0.25) is 9.59 Å². The molecule has 0 radical (unpaired) electrons. The fourth-order valence-corrected chi connectivity index (χ4v) is 4.73. The van der Waals surface area contributed by atoms with Gasteiger partial charge in [0.25, 0.3) is 0 Å². The molecule has 3 aliphatic rings. The summed E-state index contributed by atoms with van der Waals surface area (Å²) >= 11 is 0. The predicted octanol–water partition coefficient (Wildman–Crippen LogP) is 0.807. The Morgan fingerprint density at radius 2 is 2.00 bits per heavy atom. The first-order valence-corrected chi connectivity index (χ1v) is 8.03. The standard InChI is InChI=1S/C17H15N3O5/c1-3-17-11(21)7-16(2,24-17)12-13(17)15(23)20(14(12)22)8-4-5-9-10(6-8)19-25-18-9/h3-6,11-13,21H,1,7H2,2H3/t11-,12+,13-,16+,17-/m0/s1. The molecule has 3 saturated heterocycles. The van der Waals surface area contributed by atoms with Crippen molar-refractivity contribution in [3.8, 4) is 0 Å². The van der Waals surface area contributed by atoms with Crippen molar-refractivity contribution >= 4 is 28.5 Å². The summed E-state index contributed by atoms with van der Waals surface area (Å²) in [5.74, 6) is -2.15. The fourth-order valence-electron chi connectivity index (χ4n) is 4.73. The van der Waals surface area contributed by atoms with E-state index in [0.29, 0.717) is 23.1 Å². The number of aliphatic hydroxyl groups is 1. The van der Waals surface area contributed by atoms with Gasteiger partial charge in [0.1, 0.15) is 16.6 Å². The Morgan fingerprint density at radius 3 is 2.76 bits per heavy atom. The summed E-state index contributed by atoms with van der Waals surface area (Å²) in [6, 6.07) is 4.86. The highest BCUT2D eigenvalue weighted by Gasteiger charge is 2.76. The number of ether oxygens (including phenoxy) is 1. The molecule has 128 valence electrons. The minimum Gasteiger partial charge on any atom is -0.390 e. The summed E-state index contributed by atoms with van der Waals surface area (Å²) in [6.07, 6.45) is 0.891. The van der Waals surface area contributed by atoms with E-state index in [1.807, 2.05) is 0 Å². The predicted molar refractivity (Wildman–Crippen MR) is 84.3 cm³/mol. The van der Waals surface area contributed by atoms with E-state index < -0.39 is 35.0 Å². The van der Waals surface area contributed by atoms with Crippen molar-refractivity contribution < 1.29 is 24.1 Å². The van der Waals surface area contributed by atoms with E-state index in [0.717, 1.165) is 4.90 Å². The fraction of sp³-hybridized carbons (Fsp3) is 0.412. The normalized spacial score (nSPS) is 39.4. The number of imide groups is 1. The van der Waals surface area contributed by atoms with E-state index in [1.54, 1.807) is 25.1 Å². The molecule has 0 spiro atoms. The van der Waals surface area contributed by atoms with Crippen molar-refractivity contribution in [1.29, 1.82) is 0 Å². The molecule has 1 N–H and O–H groups in total. The minimum atomic E-state index is -1.22. The number of carbonyl (C=O) groups is 2. The van der Waals surface area contributed by atoms with Crippen LogP contribution in [0, 0.1) is 11.8 Å². The number of fused-ring (bicyclic) bond motifs is 6. The number of nitrogens with zero attached hydrogens (tertiary/aromatic N) is 3. The van der Waals surface area contributed by atoms with E-state index in [2.05, 4.69) is 21.5 Å². The molecular formula is C17H15N3O5. The molecule has 8 heteroatoms. The van der Waals surface area contributed by atoms with Crippen LogP contribution in [0.3, 0.4) is 0 Å². The average Bonchev–Trinajstić information content (AvgIpc) is 3.26. The Labute approximate surface area is 142 Å². The van der Waals surface area contributed by atoms with Crippen LogP contribution in [0.25, 0.3) is 11.0 Å². The second-order valence-electron chi connectivity index (χ2n) is 7.10. The first-order valence-electron chi connectivity index (χ1n) is 8.03. The number of hydrogen-bond acceptors (Lipinski definition) is 7. The lowest BCUT2D eigenvalue weighted by atomic mass is 9.67. The number of aromatic nitrogens is 2. The third-order valence-electron chi connectivity index (χ3n) is 5.79. The maximum atomic E-state index is 13.1. The van der Waals surface area contributed by atoms with E-state index in [4.69, 9.17) is 4.74 Å². The molecule has 25 heavy (non-hydrogen) atoms. The second kappa shape index (κ2) is 4.33. The first-order chi connectivity index (χ1) is 11.9. The number of hydrogen-bond donors (Lipinski definition) is 1. The van der Waals surface area contributed by atoms with Crippen molar-refractivity contribution in [2.24, 2.45) is 11.8 Å². The zero-order valence-electron chi connectivity index (χ0n) is 13.4.